The lowest BCUT2D eigenvalue weighted by Gasteiger charge is -2.14. The molecular weight excluding hydrogens is 418 g/mol. The summed E-state index contributed by atoms with van der Waals surface area (Å²) in [5.74, 6) is -0.230. The van der Waals surface area contributed by atoms with Crippen LogP contribution in [0.4, 0.5) is 0 Å². The summed E-state index contributed by atoms with van der Waals surface area (Å²) in [7, 11) is -2.19. The number of aromatic nitrogens is 1. The smallest absolute Gasteiger partial charge is 0.280 e. The van der Waals surface area contributed by atoms with Crippen LogP contribution in [0, 0.1) is 0 Å². The zero-order valence-electron chi connectivity index (χ0n) is 16.6. The molecular formula is C22H19N3O5S. The van der Waals surface area contributed by atoms with E-state index in [1.54, 1.807) is 55.6 Å². The van der Waals surface area contributed by atoms with Crippen molar-refractivity contribution in [2.24, 2.45) is 0 Å². The van der Waals surface area contributed by atoms with E-state index < -0.39 is 21.8 Å². The normalized spacial score (nSPS) is 13.4. The largest absolute Gasteiger partial charge is 0.497 e. The average molecular weight is 437 g/mol. The molecule has 0 bridgehead atoms. The molecule has 8 nitrogen and oxygen atoms in total. The molecule has 2 aromatic carbocycles. The van der Waals surface area contributed by atoms with Gasteiger partial charge >= 0.3 is 0 Å². The molecule has 2 heterocycles. The van der Waals surface area contributed by atoms with E-state index in [4.69, 9.17) is 4.74 Å². The van der Waals surface area contributed by atoms with Crippen LogP contribution in [0.5, 0.6) is 5.75 Å². The van der Waals surface area contributed by atoms with E-state index in [0.29, 0.717) is 11.3 Å². The molecule has 158 valence electrons. The van der Waals surface area contributed by atoms with Gasteiger partial charge in [0.25, 0.3) is 11.8 Å². The average Bonchev–Trinajstić information content (AvgIpc) is 3.03. The summed E-state index contributed by atoms with van der Waals surface area (Å²) >= 11 is 0. The summed E-state index contributed by atoms with van der Waals surface area (Å²) in [6, 6.07) is 16.3. The molecule has 4 rings (SSSR count). The fraction of sp³-hybridized carbons (Fsp3) is 0.136. The fourth-order valence-electron chi connectivity index (χ4n) is 3.26. The number of pyridine rings is 1. The maximum absolute atomic E-state index is 12.6. The molecule has 1 N–H and O–H groups in total. The summed E-state index contributed by atoms with van der Waals surface area (Å²) < 4.78 is 32.9. The lowest BCUT2D eigenvalue weighted by Crippen LogP contribution is -2.29. The number of fused-ring (bicyclic) bond motifs is 1. The minimum absolute atomic E-state index is 0.0333. The Balaban J connectivity index is 1.44. The minimum atomic E-state index is -3.74. The minimum Gasteiger partial charge on any atom is -0.497 e. The number of carbonyl (C=O) groups is 2. The number of imide groups is 1. The van der Waals surface area contributed by atoms with Gasteiger partial charge in [0.2, 0.25) is 10.0 Å². The molecule has 0 saturated heterocycles. The number of hydrogen-bond donors (Lipinski definition) is 1. The first-order valence-electron chi connectivity index (χ1n) is 9.42. The van der Waals surface area contributed by atoms with Gasteiger partial charge in [0.1, 0.15) is 11.4 Å². The van der Waals surface area contributed by atoms with Gasteiger partial charge in [-0.2, -0.15) is 0 Å². The van der Waals surface area contributed by atoms with Crippen molar-refractivity contribution in [1.29, 1.82) is 0 Å². The maximum Gasteiger partial charge on any atom is 0.280 e. The van der Waals surface area contributed by atoms with Crippen LogP contribution in [0.1, 0.15) is 32.0 Å². The molecule has 1 aliphatic rings. The van der Waals surface area contributed by atoms with Gasteiger partial charge in [-0.3, -0.25) is 19.5 Å². The predicted octanol–water partition coefficient (Wildman–Crippen LogP) is 2.36. The van der Waals surface area contributed by atoms with Crippen LogP contribution in [0.2, 0.25) is 0 Å². The number of nitrogens with one attached hydrogen (secondary N) is 1. The van der Waals surface area contributed by atoms with Crippen molar-refractivity contribution < 1.29 is 22.7 Å². The van der Waals surface area contributed by atoms with E-state index in [9.17, 15) is 18.0 Å². The molecule has 2 amide bonds. The van der Waals surface area contributed by atoms with E-state index in [1.807, 2.05) is 0 Å². The Morgan fingerprint density at radius 2 is 1.74 bits per heavy atom. The molecule has 1 aliphatic heterocycles. The molecule has 0 atom stereocenters. The van der Waals surface area contributed by atoms with Gasteiger partial charge in [-0.1, -0.05) is 24.3 Å². The molecule has 3 aromatic rings. The molecule has 0 saturated carbocycles. The Kier molecular flexibility index (Phi) is 5.53. The fourth-order valence-corrected chi connectivity index (χ4v) is 4.28. The first-order chi connectivity index (χ1) is 14.9. The summed E-state index contributed by atoms with van der Waals surface area (Å²) in [5.41, 5.74) is 1.79. The summed E-state index contributed by atoms with van der Waals surface area (Å²) in [5, 5.41) is 0. The van der Waals surface area contributed by atoms with Crippen molar-refractivity contribution in [2.45, 2.75) is 18.0 Å². The first kappa shape index (κ1) is 20.7. The third-order valence-corrected chi connectivity index (χ3v) is 6.32. The first-order valence-corrected chi connectivity index (χ1v) is 10.9. The van der Waals surface area contributed by atoms with Crippen LogP contribution >= 0.6 is 0 Å². The number of ether oxygens (including phenoxy) is 1. The van der Waals surface area contributed by atoms with Crippen LogP contribution in [0.3, 0.4) is 0 Å². The molecule has 0 unspecified atom stereocenters. The third-order valence-electron chi connectivity index (χ3n) is 4.91. The quantitative estimate of drug-likeness (QED) is 0.569. The van der Waals surface area contributed by atoms with Gasteiger partial charge in [0.15, 0.2) is 0 Å². The molecule has 9 heteroatoms. The zero-order valence-corrected chi connectivity index (χ0v) is 17.4. The summed E-state index contributed by atoms with van der Waals surface area (Å²) in [6.45, 7) is 0.148. The zero-order chi connectivity index (χ0) is 22.0. The topological polar surface area (TPSA) is 106 Å². The number of sulfonamides is 1. The van der Waals surface area contributed by atoms with E-state index in [2.05, 4.69) is 9.71 Å². The van der Waals surface area contributed by atoms with Gasteiger partial charge in [-0.15, -0.1) is 0 Å². The maximum atomic E-state index is 12.6. The lowest BCUT2D eigenvalue weighted by atomic mass is 10.2. The van der Waals surface area contributed by atoms with Crippen molar-refractivity contribution in [1.82, 2.24) is 14.6 Å². The highest BCUT2D eigenvalue weighted by Crippen LogP contribution is 2.23. The number of rotatable bonds is 7. The van der Waals surface area contributed by atoms with Gasteiger partial charge in [-0.05, 0) is 47.5 Å². The van der Waals surface area contributed by atoms with Gasteiger partial charge < -0.3 is 4.74 Å². The number of methoxy groups -OCH3 is 1. The molecule has 0 fully saturated rings. The Morgan fingerprint density at radius 1 is 0.968 bits per heavy atom. The highest BCUT2D eigenvalue weighted by molar-refractivity contribution is 7.89. The van der Waals surface area contributed by atoms with E-state index >= 15 is 0 Å². The van der Waals surface area contributed by atoms with E-state index in [-0.39, 0.29) is 29.2 Å². The third kappa shape index (κ3) is 4.18. The van der Waals surface area contributed by atoms with Crippen LogP contribution in [-0.2, 0) is 23.1 Å². The van der Waals surface area contributed by atoms with Crippen LogP contribution in [0.15, 0.2) is 71.8 Å². The van der Waals surface area contributed by atoms with Crippen molar-refractivity contribution in [3.8, 4) is 5.75 Å². The van der Waals surface area contributed by atoms with Crippen molar-refractivity contribution in [2.75, 3.05) is 7.11 Å². The second-order valence-electron chi connectivity index (χ2n) is 6.92. The lowest BCUT2D eigenvalue weighted by molar-refractivity contribution is 0.0640. The van der Waals surface area contributed by atoms with Gasteiger partial charge in [0, 0.05) is 12.7 Å². The molecule has 0 spiro atoms. The molecule has 0 radical (unpaired) electrons. The SMILES string of the molecule is COc1cccc(CNS(=O)(=O)c2ccc(CN3C(=O)c4cccnc4C3=O)cc2)c1. The monoisotopic (exact) mass is 437 g/mol. The van der Waals surface area contributed by atoms with Gasteiger partial charge in [-0.25, -0.2) is 13.1 Å². The standard InChI is InChI=1S/C22H19N3O5S/c1-30-17-5-2-4-16(12-17)13-24-31(28,29)18-9-7-15(8-10-18)14-25-21(26)19-6-3-11-23-20(19)22(25)27/h2-12,24H,13-14H2,1H3. The van der Waals surface area contributed by atoms with Crippen molar-refractivity contribution in [3.05, 3.63) is 89.2 Å². The van der Waals surface area contributed by atoms with Crippen LogP contribution < -0.4 is 9.46 Å². The Labute approximate surface area is 179 Å². The summed E-state index contributed by atoms with van der Waals surface area (Å²) in [4.78, 5) is 30.0. The number of benzene rings is 2. The van der Waals surface area contributed by atoms with Crippen LogP contribution in [0.25, 0.3) is 0 Å². The number of carbonyl (C=O) groups excluding carboxylic acids is 2. The Hall–Kier alpha value is -3.56. The highest BCUT2D eigenvalue weighted by Gasteiger charge is 2.36. The molecule has 31 heavy (non-hydrogen) atoms. The Morgan fingerprint density at radius 3 is 2.45 bits per heavy atom. The second kappa shape index (κ2) is 8.29. The molecule has 0 aliphatic carbocycles. The number of nitrogens with zero attached hydrogens (tertiary/aromatic N) is 2. The molecule has 1 aromatic heterocycles. The van der Waals surface area contributed by atoms with Crippen molar-refractivity contribution in [3.63, 3.8) is 0 Å². The second-order valence-corrected chi connectivity index (χ2v) is 8.68. The Bertz CT molecular complexity index is 1220. The van der Waals surface area contributed by atoms with Gasteiger partial charge in [0.05, 0.1) is 24.1 Å². The highest BCUT2D eigenvalue weighted by atomic mass is 32.2. The van der Waals surface area contributed by atoms with Crippen molar-refractivity contribution >= 4 is 21.8 Å². The van der Waals surface area contributed by atoms with E-state index in [0.717, 1.165) is 10.5 Å². The summed E-state index contributed by atoms with van der Waals surface area (Å²) in [6.07, 6.45) is 1.46. The number of hydrogen-bond acceptors (Lipinski definition) is 6. The number of amides is 2. The predicted molar refractivity (Wildman–Crippen MR) is 112 cm³/mol. The van der Waals surface area contributed by atoms with E-state index in [1.165, 1.54) is 18.3 Å². The van der Waals surface area contributed by atoms with Crippen LogP contribution in [-0.4, -0.2) is 37.2 Å².